The first-order valence-corrected chi connectivity index (χ1v) is 4.86. The van der Waals surface area contributed by atoms with Crippen LogP contribution in [0.1, 0.15) is 26.7 Å². The lowest BCUT2D eigenvalue weighted by Gasteiger charge is -2.33. The van der Waals surface area contributed by atoms with Gasteiger partial charge in [-0.25, -0.2) is 0 Å². The molecule has 76 valence electrons. The molecule has 0 spiro atoms. The Morgan fingerprint density at radius 1 is 1.57 bits per heavy atom. The Hall–Kier alpha value is -1.10. The van der Waals surface area contributed by atoms with E-state index in [-0.39, 0.29) is 11.5 Å². The van der Waals surface area contributed by atoms with Crippen molar-refractivity contribution >= 4 is 0 Å². The molecule has 0 aromatic carbocycles. The van der Waals surface area contributed by atoms with Crippen LogP contribution in [0.25, 0.3) is 0 Å². The lowest BCUT2D eigenvalue weighted by Crippen LogP contribution is -2.44. The van der Waals surface area contributed by atoms with Crippen molar-refractivity contribution in [2.75, 3.05) is 13.2 Å². The summed E-state index contributed by atoms with van der Waals surface area (Å²) in [6, 6.07) is 4.35. The van der Waals surface area contributed by atoms with Gasteiger partial charge in [0.2, 0.25) is 0 Å². The maximum absolute atomic E-state index is 8.95. The molecule has 2 unspecified atom stereocenters. The Labute approximate surface area is 84.6 Å². The molecule has 0 N–H and O–H groups in total. The average molecular weight is 193 g/mol. The summed E-state index contributed by atoms with van der Waals surface area (Å²) in [5, 5.41) is 19.2. The van der Waals surface area contributed by atoms with Crippen molar-refractivity contribution in [3.63, 3.8) is 0 Å². The highest BCUT2D eigenvalue weighted by molar-refractivity contribution is 5.03. The van der Waals surface area contributed by atoms with Crippen molar-refractivity contribution in [1.29, 1.82) is 10.5 Å². The van der Waals surface area contributed by atoms with E-state index in [2.05, 4.69) is 12.1 Å². The minimum atomic E-state index is -0.231. The molecule has 4 nitrogen and oxygen atoms in total. The molecule has 1 rings (SSSR count). The van der Waals surface area contributed by atoms with Gasteiger partial charge in [-0.05, 0) is 13.3 Å². The summed E-state index contributed by atoms with van der Waals surface area (Å²) in [6.45, 7) is 5.09. The van der Waals surface area contributed by atoms with Crippen LogP contribution in [0.4, 0.5) is 0 Å². The van der Waals surface area contributed by atoms with Crippen LogP contribution in [0, 0.1) is 28.6 Å². The Morgan fingerprint density at radius 3 is 2.79 bits per heavy atom. The quantitative estimate of drug-likeness (QED) is 0.680. The van der Waals surface area contributed by atoms with Crippen molar-refractivity contribution < 1.29 is 4.84 Å². The van der Waals surface area contributed by atoms with E-state index in [0.29, 0.717) is 19.6 Å². The summed E-state index contributed by atoms with van der Waals surface area (Å²) in [5.41, 5.74) is -0.231. The zero-order valence-electron chi connectivity index (χ0n) is 8.66. The molecule has 1 saturated heterocycles. The molecule has 0 amide bonds. The van der Waals surface area contributed by atoms with Gasteiger partial charge in [0.15, 0.2) is 0 Å². The number of hydroxylamine groups is 2. The van der Waals surface area contributed by atoms with Crippen molar-refractivity contribution in [2.45, 2.75) is 32.2 Å². The van der Waals surface area contributed by atoms with Crippen LogP contribution < -0.4 is 0 Å². The van der Waals surface area contributed by atoms with Gasteiger partial charge in [-0.15, -0.1) is 0 Å². The third-order valence-corrected chi connectivity index (χ3v) is 3.02. The lowest BCUT2D eigenvalue weighted by atomic mass is 9.85. The molecule has 1 heterocycles. The molecule has 0 aliphatic carbocycles. The van der Waals surface area contributed by atoms with Gasteiger partial charge in [-0.2, -0.15) is 15.6 Å². The normalized spacial score (nSPS) is 32.4. The Bertz CT molecular complexity index is 278. The van der Waals surface area contributed by atoms with Crippen LogP contribution in [0.15, 0.2) is 0 Å². The molecule has 0 radical (unpaired) electrons. The van der Waals surface area contributed by atoms with Gasteiger partial charge in [0.05, 0.1) is 36.6 Å². The van der Waals surface area contributed by atoms with E-state index in [1.54, 1.807) is 5.06 Å². The van der Waals surface area contributed by atoms with Crippen LogP contribution in [0.2, 0.25) is 0 Å². The molecule has 1 aliphatic rings. The van der Waals surface area contributed by atoms with Crippen molar-refractivity contribution in [2.24, 2.45) is 5.92 Å². The topological polar surface area (TPSA) is 60.0 Å². The Kier molecular flexibility index (Phi) is 3.46. The molecule has 0 aromatic heterocycles. The number of nitrogens with zero attached hydrogens (tertiary/aromatic N) is 3. The van der Waals surface area contributed by atoms with Gasteiger partial charge >= 0.3 is 0 Å². The molecule has 0 bridgehead atoms. The predicted molar refractivity (Wildman–Crippen MR) is 50.7 cm³/mol. The van der Waals surface area contributed by atoms with E-state index < -0.39 is 0 Å². The molecular weight excluding hydrogens is 178 g/mol. The zero-order chi connectivity index (χ0) is 10.6. The first-order chi connectivity index (χ1) is 6.69. The summed E-state index contributed by atoms with van der Waals surface area (Å²) >= 11 is 0. The monoisotopic (exact) mass is 193 g/mol. The molecular formula is C10H15N3O. The highest BCUT2D eigenvalue weighted by Gasteiger charge is 2.45. The smallest absolute Gasteiger partial charge is 0.0920 e. The first kappa shape index (κ1) is 11.0. The maximum atomic E-state index is 8.95. The van der Waals surface area contributed by atoms with E-state index in [0.717, 1.165) is 6.42 Å². The predicted octanol–water partition coefficient (Wildman–Crippen LogP) is 1.46. The SMILES string of the molecule is CCC1(C)C(C#N)CON1CCC#N. The fourth-order valence-corrected chi connectivity index (χ4v) is 1.74. The van der Waals surface area contributed by atoms with Gasteiger partial charge in [0.25, 0.3) is 0 Å². The van der Waals surface area contributed by atoms with Crippen LogP contribution in [0.5, 0.6) is 0 Å². The van der Waals surface area contributed by atoms with Crippen LogP contribution in [0.3, 0.4) is 0 Å². The second-order valence-electron chi connectivity index (χ2n) is 3.70. The maximum Gasteiger partial charge on any atom is 0.0920 e. The van der Waals surface area contributed by atoms with E-state index in [1.807, 2.05) is 13.8 Å². The minimum absolute atomic E-state index is 0.0915. The summed E-state index contributed by atoms with van der Waals surface area (Å²) in [6.07, 6.45) is 1.30. The number of rotatable bonds is 3. The van der Waals surface area contributed by atoms with Gasteiger partial charge in [0.1, 0.15) is 0 Å². The van der Waals surface area contributed by atoms with Crippen molar-refractivity contribution in [1.82, 2.24) is 5.06 Å². The fraction of sp³-hybridized carbons (Fsp3) is 0.800. The second kappa shape index (κ2) is 4.41. The third kappa shape index (κ3) is 1.72. The summed E-state index contributed by atoms with van der Waals surface area (Å²) in [4.78, 5) is 5.42. The third-order valence-electron chi connectivity index (χ3n) is 3.02. The van der Waals surface area contributed by atoms with Crippen LogP contribution >= 0.6 is 0 Å². The minimum Gasteiger partial charge on any atom is -0.297 e. The standard InChI is InChI=1S/C10H15N3O/c1-3-10(2)9(7-12)8-14-13(10)6-4-5-11/h9H,3-4,6,8H2,1-2H3. The van der Waals surface area contributed by atoms with Crippen LogP contribution in [-0.2, 0) is 4.84 Å². The Balaban J connectivity index is 2.71. The summed E-state index contributed by atoms with van der Waals surface area (Å²) < 4.78 is 0. The van der Waals surface area contributed by atoms with Crippen molar-refractivity contribution in [3.8, 4) is 12.1 Å². The number of nitriles is 2. The van der Waals surface area contributed by atoms with E-state index in [4.69, 9.17) is 15.4 Å². The molecule has 0 saturated carbocycles. The fourth-order valence-electron chi connectivity index (χ4n) is 1.74. The van der Waals surface area contributed by atoms with Crippen LogP contribution in [-0.4, -0.2) is 23.8 Å². The second-order valence-corrected chi connectivity index (χ2v) is 3.70. The van der Waals surface area contributed by atoms with E-state index in [9.17, 15) is 0 Å². The van der Waals surface area contributed by atoms with Gasteiger partial charge < -0.3 is 0 Å². The first-order valence-electron chi connectivity index (χ1n) is 4.86. The highest BCUT2D eigenvalue weighted by atomic mass is 16.7. The van der Waals surface area contributed by atoms with Gasteiger partial charge in [-0.3, -0.25) is 4.84 Å². The lowest BCUT2D eigenvalue weighted by molar-refractivity contribution is -0.159. The molecule has 14 heavy (non-hydrogen) atoms. The largest absolute Gasteiger partial charge is 0.297 e. The van der Waals surface area contributed by atoms with Gasteiger partial charge in [0, 0.05) is 6.54 Å². The van der Waals surface area contributed by atoms with E-state index >= 15 is 0 Å². The number of hydrogen-bond donors (Lipinski definition) is 0. The molecule has 1 fully saturated rings. The van der Waals surface area contributed by atoms with Gasteiger partial charge in [-0.1, -0.05) is 6.92 Å². The highest BCUT2D eigenvalue weighted by Crippen LogP contribution is 2.34. The summed E-state index contributed by atoms with van der Waals surface area (Å²) in [5.74, 6) is -0.0915. The molecule has 0 aromatic rings. The molecule has 2 atom stereocenters. The van der Waals surface area contributed by atoms with Crippen molar-refractivity contribution in [3.05, 3.63) is 0 Å². The number of hydrogen-bond acceptors (Lipinski definition) is 4. The molecule has 4 heteroatoms. The van der Waals surface area contributed by atoms with E-state index in [1.165, 1.54) is 0 Å². The molecule has 1 aliphatic heterocycles. The Morgan fingerprint density at radius 2 is 2.29 bits per heavy atom. The zero-order valence-corrected chi connectivity index (χ0v) is 8.66. The summed E-state index contributed by atoms with van der Waals surface area (Å²) in [7, 11) is 0. The average Bonchev–Trinajstić information content (AvgIpc) is 2.53.